The van der Waals surface area contributed by atoms with Crippen LogP contribution in [0.25, 0.3) is 0 Å². The summed E-state index contributed by atoms with van der Waals surface area (Å²) >= 11 is 0. The van der Waals surface area contributed by atoms with Gasteiger partial charge < -0.3 is 10.1 Å². The lowest BCUT2D eigenvalue weighted by Crippen LogP contribution is -2.24. The van der Waals surface area contributed by atoms with Crippen LogP contribution in [0.15, 0.2) is 30.7 Å². The first kappa shape index (κ1) is 14.5. The quantitative estimate of drug-likeness (QED) is 0.918. The molecule has 2 aromatic rings. The maximum absolute atomic E-state index is 11.9. The second-order valence-corrected chi connectivity index (χ2v) is 5.10. The number of carbonyl (C=O) groups is 1. The minimum atomic E-state index is -0.271. The lowest BCUT2D eigenvalue weighted by molar-refractivity contribution is 0.00940. The molecule has 22 heavy (non-hydrogen) atoms. The molecule has 1 amide bonds. The zero-order valence-corrected chi connectivity index (χ0v) is 12.1. The van der Waals surface area contributed by atoms with Gasteiger partial charge in [0.15, 0.2) is 11.5 Å². The first-order chi connectivity index (χ1) is 10.8. The van der Waals surface area contributed by atoms with Crippen molar-refractivity contribution < 1.29 is 9.53 Å². The van der Waals surface area contributed by atoms with Crippen molar-refractivity contribution in [1.82, 2.24) is 25.5 Å². The fraction of sp³-hybridized carbons (Fsp3) is 0.400. The van der Waals surface area contributed by atoms with Crippen LogP contribution in [0.4, 0.5) is 0 Å². The van der Waals surface area contributed by atoms with E-state index in [4.69, 9.17) is 4.74 Å². The smallest absolute Gasteiger partial charge is 0.272 e. The van der Waals surface area contributed by atoms with Crippen LogP contribution in [-0.2, 0) is 11.3 Å². The van der Waals surface area contributed by atoms with Crippen molar-refractivity contribution in [3.8, 4) is 0 Å². The Bertz CT molecular complexity index is 612. The zero-order chi connectivity index (χ0) is 15.2. The molecule has 3 rings (SSSR count). The molecular formula is C15H17N5O2. The Hall–Kier alpha value is -2.41. The molecular weight excluding hydrogens is 282 g/mol. The molecule has 2 aromatic heterocycles. The van der Waals surface area contributed by atoms with E-state index in [0.29, 0.717) is 12.4 Å². The monoisotopic (exact) mass is 299 g/mol. The van der Waals surface area contributed by atoms with Crippen LogP contribution in [0, 0.1) is 0 Å². The lowest BCUT2D eigenvalue weighted by Gasteiger charge is -2.21. The van der Waals surface area contributed by atoms with Crippen molar-refractivity contribution in [3.05, 3.63) is 47.8 Å². The van der Waals surface area contributed by atoms with Gasteiger partial charge in [0.05, 0.1) is 0 Å². The topological polar surface area (TPSA) is 89.9 Å². The van der Waals surface area contributed by atoms with Gasteiger partial charge in [-0.3, -0.25) is 4.79 Å². The highest BCUT2D eigenvalue weighted by atomic mass is 16.5. The van der Waals surface area contributed by atoms with Crippen molar-refractivity contribution in [2.45, 2.75) is 31.9 Å². The van der Waals surface area contributed by atoms with E-state index in [1.54, 1.807) is 24.5 Å². The minimum Gasteiger partial charge on any atom is -0.370 e. The Balaban J connectivity index is 1.56. The van der Waals surface area contributed by atoms with E-state index in [-0.39, 0.29) is 17.7 Å². The molecule has 0 radical (unpaired) electrons. The largest absolute Gasteiger partial charge is 0.370 e. The van der Waals surface area contributed by atoms with Crippen LogP contribution in [-0.4, -0.2) is 32.7 Å². The lowest BCUT2D eigenvalue weighted by atomic mass is 10.1. The molecule has 0 saturated carbocycles. The van der Waals surface area contributed by atoms with Crippen LogP contribution >= 0.6 is 0 Å². The number of hydrogen-bond acceptors (Lipinski definition) is 6. The fourth-order valence-corrected chi connectivity index (χ4v) is 2.26. The van der Waals surface area contributed by atoms with Gasteiger partial charge in [0.1, 0.15) is 6.10 Å². The van der Waals surface area contributed by atoms with Crippen LogP contribution in [0.1, 0.15) is 47.2 Å². The van der Waals surface area contributed by atoms with E-state index in [1.807, 2.05) is 0 Å². The predicted molar refractivity (Wildman–Crippen MR) is 77.8 cm³/mol. The third-order valence-corrected chi connectivity index (χ3v) is 3.45. The molecule has 1 fully saturated rings. The van der Waals surface area contributed by atoms with E-state index < -0.39 is 0 Å². The van der Waals surface area contributed by atoms with Gasteiger partial charge in [-0.1, -0.05) is 0 Å². The number of amides is 1. The summed E-state index contributed by atoms with van der Waals surface area (Å²) in [4.78, 5) is 20.5. The summed E-state index contributed by atoms with van der Waals surface area (Å²) in [5, 5.41) is 10.2. The van der Waals surface area contributed by atoms with Crippen LogP contribution in [0.3, 0.4) is 0 Å². The molecule has 1 saturated heterocycles. The van der Waals surface area contributed by atoms with Crippen molar-refractivity contribution in [3.63, 3.8) is 0 Å². The summed E-state index contributed by atoms with van der Waals surface area (Å²) in [6.45, 7) is 1.12. The predicted octanol–water partition coefficient (Wildman–Crippen LogP) is 1.44. The van der Waals surface area contributed by atoms with Crippen molar-refractivity contribution >= 4 is 5.91 Å². The summed E-state index contributed by atoms with van der Waals surface area (Å²) < 4.78 is 5.65. The number of hydrogen-bond donors (Lipinski definition) is 1. The second kappa shape index (κ2) is 7.04. The molecule has 0 spiro atoms. The Morgan fingerprint density at radius 1 is 1.32 bits per heavy atom. The minimum absolute atomic E-state index is 0.00279. The van der Waals surface area contributed by atoms with Crippen LogP contribution in [0.2, 0.25) is 0 Å². The van der Waals surface area contributed by atoms with Crippen LogP contribution < -0.4 is 5.32 Å². The molecule has 1 aliphatic rings. The van der Waals surface area contributed by atoms with Gasteiger partial charge >= 0.3 is 0 Å². The van der Waals surface area contributed by atoms with Crippen molar-refractivity contribution in [2.75, 3.05) is 6.61 Å². The number of nitrogens with one attached hydrogen (secondary N) is 1. The first-order valence-electron chi connectivity index (χ1n) is 7.31. The second-order valence-electron chi connectivity index (χ2n) is 5.10. The maximum atomic E-state index is 11.9. The normalized spacial score (nSPS) is 17.9. The average molecular weight is 299 g/mol. The summed E-state index contributed by atoms with van der Waals surface area (Å²) in [5.74, 6) is 0.441. The summed E-state index contributed by atoms with van der Waals surface area (Å²) in [5.41, 5.74) is 1.12. The molecule has 3 heterocycles. The van der Waals surface area contributed by atoms with Gasteiger partial charge in [0.25, 0.3) is 5.91 Å². The van der Waals surface area contributed by atoms with E-state index in [1.165, 1.54) is 6.20 Å². The fourth-order valence-electron chi connectivity index (χ4n) is 2.26. The molecule has 0 aliphatic carbocycles. The standard InChI is InChI=1S/C15H17N5O2/c21-15(12-4-3-6-19-20-12)18-10-11-8-16-14(17-9-11)13-5-1-2-7-22-13/h3-4,6,8-9,13H,1-2,5,7,10H2,(H,18,21). The number of aromatic nitrogens is 4. The van der Waals surface area contributed by atoms with Gasteiger partial charge in [-0.15, -0.1) is 5.10 Å². The van der Waals surface area contributed by atoms with Crippen molar-refractivity contribution in [1.29, 1.82) is 0 Å². The Kier molecular flexibility index (Phi) is 4.65. The van der Waals surface area contributed by atoms with E-state index in [0.717, 1.165) is 31.4 Å². The molecule has 0 bridgehead atoms. The Morgan fingerprint density at radius 2 is 2.18 bits per heavy atom. The molecule has 1 aliphatic heterocycles. The third-order valence-electron chi connectivity index (χ3n) is 3.45. The highest BCUT2D eigenvalue weighted by Gasteiger charge is 2.18. The highest BCUT2D eigenvalue weighted by Crippen LogP contribution is 2.24. The SMILES string of the molecule is O=C(NCc1cnc(C2CCCCO2)nc1)c1cccnn1. The Morgan fingerprint density at radius 3 is 2.86 bits per heavy atom. The highest BCUT2D eigenvalue weighted by molar-refractivity contribution is 5.91. The number of ether oxygens (including phenoxy) is 1. The number of nitrogens with zero attached hydrogens (tertiary/aromatic N) is 4. The molecule has 0 aromatic carbocycles. The third kappa shape index (κ3) is 3.62. The van der Waals surface area contributed by atoms with Crippen molar-refractivity contribution in [2.24, 2.45) is 0 Å². The molecule has 1 unspecified atom stereocenters. The molecule has 1 atom stereocenters. The van der Waals surface area contributed by atoms with Gasteiger partial charge in [-0.2, -0.15) is 5.10 Å². The molecule has 114 valence electrons. The molecule has 7 heteroatoms. The van der Waals surface area contributed by atoms with Crippen LogP contribution in [0.5, 0.6) is 0 Å². The van der Waals surface area contributed by atoms with E-state index in [2.05, 4.69) is 25.5 Å². The summed E-state index contributed by atoms with van der Waals surface area (Å²) in [7, 11) is 0. The average Bonchev–Trinajstić information content (AvgIpc) is 2.61. The van der Waals surface area contributed by atoms with Gasteiger partial charge in [-0.05, 0) is 31.4 Å². The van der Waals surface area contributed by atoms with E-state index in [9.17, 15) is 4.79 Å². The molecule has 7 nitrogen and oxygen atoms in total. The molecule has 1 N–H and O–H groups in total. The maximum Gasteiger partial charge on any atom is 0.272 e. The summed E-state index contributed by atoms with van der Waals surface area (Å²) in [6.07, 6.45) is 8.16. The Labute approximate surface area is 128 Å². The van der Waals surface area contributed by atoms with Gasteiger partial charge in [-0.25, -0.2) is 9.97 Å². The first-order valence-corrected chi connectivity index (χ1v) is 7.31. The van der Waals surface area contributed by atoms with Gasteiger partial charge in [0.2, 0.25) is 0 Å². The number of rotatable bonds is 4. The zero-order valence-electron chi connectivity index (χ0n) is 12.1. The number of carbonyl (C=O) groups excluding carboxylic acids is 1. The summed E-state index contributed by atoms with van der Waals surface area (Å²) in [6, 6.07) is 3.28. The van der Waals surface area contributed by atoms with Gasteiger partial charge in [0, 0.05) is 37.3 Å². The van der Waals surface area contributed by atoms with E-state index >= 15 is 0 Å².